The molecular formula is C10H10ClNO. The van der Waals surface area contributed by atoms with E-state index in [-0.39, 0.29) is 0 Å². The van der Waals surface area contributed by atoms with E-state index in [1.807, 2.05) is 24.3 Å². The second-order valence-corrected chi connectivity index (χ2v) is 2.94. The topological polar surface area (TPSA) is 29.4 Å². The summed E-state index contributed by atoms with van der Waals surface area (Å²) in [5.41, 5.74) is 2.24. The van der Waals surface area contributed by atoms with Gasteiger partial charge in [0.1, 0.15) is 0 Å². The first-order valence-electron chi connectivity index (χ1n) is 4.04. The Labute approximate surface area is 82.3 Å². The van der Waals surface area contributed by atoms with Gasteiger partial charge in [0, 0.05) is 5.88 Å². The Balaban J connectivity index is 2.60. The van der Waals surface area contributed by atoms with E-state index >= 15 is 0 Å². The minimum absolute atomic E-state index is 0.495. The van der Waals surface area contributed by atoms with Crippen molar-refractivity contribution in [2.24, 2.45) is 4.99 Å². The average Bonchev–Trinajstić information content (AvgIpc) is 2.19. The molecule has 0 saturated heterocycles. The highest BCUT2D eigenvalue weighted by atomic mass is 35.5. The minimum atomic E-state index is 0.495. The summed E-state index contributed by atoms with van der Waals surface area (Å²) in [6.45, 7) is 0.495. The molecule has 0 aliphatic carbocycles. The van der Waals surface area contributed by atoms with E-state index in [2.05, 4.69) is 4.99 Å². The third-order valence-electron chi connectivity index (χ3n) is 1.72. The molecule has 0 aliphatic rings. The second-order valence-electron chi connectivity index (χ2n) is 2.68. The van der Waals surface area contributed by atoms with Crippen molar-refractivity contribution in [3.8, 4) is 0 Å². The molecule has 1 rings (SSSR count). The molecule has 13 heavy (non-hydrogen) atoms. The molecule has 3 heteroatoms. The van der Waals surface area contributed by atoms with Crippen molar-refractivity contribution in [3.63, 3.8) is 0 Å². The van der Waals surface area contributed by atoms with Crippen LogP contribution in [0.2, 0.25) is 0 Å². The first-order valence-corrected chi connectivity index (χ1v) is 4.57. The summed E-state index contributed by atoms with van der Waals surface area (Å²) >= 11 is 5.67. The lowest BCUT2D eigenvalue weighted by atomic mass is 10.1. The van der Waals surface area contributed by atoms with Crippen LogP contribution in [-0.4, -0.2) is 12.6 Å². The van der Waals surface area contributed by atoms with Crippen molar-refractivity contribution >= 4 is 17.7 Å². The van der Waals surface area contributed by atoms with Crippen molar-refractivity contribution in [3.05, 3.63) is 35.4 Å². The van der Waals surface area contributed by atoms with Gasteiger partial charge in [0.15, 0.2) is 0 Å². The molecule has 0 saturated carbocycles. The van der Waals surface area contributed by atoms with Gasteiger partial charge in [-0.05, 0) is 17.5 Å². The molecule has 0 aromatic heterocycles. The molecule has 0 aliphatic heterocycles. The number of alkyl halides is 1. The van der Waals surface area contributed by atoms with Gasteiger partial charge in [-0.15, -0.1) is 11.6 Å². The Morgan fingerprint density at radius 3 is 2.85 bits per heavy atom. The fraction of sp³-hybridized carbons (Fsp3) is 0.300. The zero-order chi connectivity index (χ0) is 9.52. The van der Waals surface area contributed by atoms with Crippen LogP contribution in [0.15, 0.2) is 29.3 Å². The zero-order valence-electron chi connectivity index (χ0n) is 7.16. The Morgan fingerprint density at radius 1 is 1.38 bits per heavy atom. The van der Waals surface area contributed by atoms with E-state index in [1.165, 1.54) is 6.08 Å². The van der Waals surface area contributed by atoms with Crippen molar-refractivity contribution in [2.75, 3.05) is 6.54 Å². The van der Waals surface area contributed by atoms with E-state index in [0.29, 0.717) is 12.4 Å². The summed E-state index contributed by atoms with van der Waals surface area (Å²) in [5.74, 6) is 0.519. The number of benzene rings is 1. The second kappa shape index (κ2) is 5.52. The zero-order valence-corrected chi connectivity index (χ0v) is 7.92. The van der Waals surface area contributed by atoms with Crippen LogP contribution >= 0.6 is 11.6 Å². The number of carbonyl (C=O) groups excluding carboxylic acids is 1. The summed E-state index contributed by atoms with van der Waals surface area (Å²) in [4.78, 5) is 13.3. The standard InChI is InChI=1S/C10H10ClNO/c11-7-10-3-1-2-9(6-10)4-5-12-8-13/h1-3,6H,4-5,7H2. The summed E-state index contributed by atoms with van der Waals surface area (Å²) in [5, 5.41) is 0. The van der Waals surface area contributed by atoms with Crippen molar-refractivity contribution in [1.29, 1.82) is 0 Å². The predicted octanol–water partition coefficient (Wildman–Crippen LogP) is 2.30. The van der Waals surface area contributed by atoms with E-state index in [0.717, 1.165) is 17.5 Å². The molecule has 0 bridgehead atoms. The van der Waals surface area contributed by atoms with Crippen molar-refractivity contribution < 1.29 is 4.79 Å². The molecule has 0 radical (unpaired) electrons. The Kier molecular flexibility index (Phi) is 4.24. The average molecular weight is 196 g/mol. The van der Waals surface area contributed by atoms with E-state index in [1.54, 1.807) is 0 Å². The lowest BCUT2D eigenvalue weighted by Gasteiger charge is -1.99. The molecule has 0 unspecified atom stereocenters. The summed E-state index contributed by atoms with van der Waals surface area (Å²) in [6, 6.07) is 7.95. The quantitative estimate of drug-likeness (QED) is 0.412. The number of isocyanates is 1. The Bertz CT molecular complexity index is 318. The SMILES string of the molecule is O=C=NCCc1cccc(CCl)c1. The van der Waals surface area contributed by atoms with Crippen LogP contribution < -0.4 is 0 Å². The summed E-state index contributed by atoms with van der Waals surface area (Å²) in [7, 11) is 0. The third kappa shape index (κ3) is 3.41. The molecule has 0 atom stereocenters. The van der Waals surface area contributed by atoms with Crippen LogP contribution in [0.3, 0.4) is 0 Å². The van der Waals surface area contributed by atoms with Gasteiger partial charge in [0.2, 0.25) is 6.08 Å². The van der Waals surface area contributed by atoms with Gasteiger partial charge in [0.25, 0.3) is 0 Å². The monoisotopic (exact) mass is 195 g/mol. The first-order chi connectivity index (χ1) is 6.36. The fourth-order valence-electron chi connectivity index (χ4n) is 1.10. The molecule has 0 amide bonds. The largest absolute Gasteiger partial charge is 0.234 e. The maximum Gasteiger partial charge on any atom is 0.234 e. The molecular weight excluding hydrogens is 186 g/mol. The van der Waals surface area contributed by atoms with Crippen LogP contribution in [-0.2, 0) is 17.1 Å². The molecule has 2 nitrogen and oxygen atoms in total. The maximum atomic E-state index is 9.81. The van der Waals surface area contributed by atoms with E-state index < -0.39 is 0 Å². The highest BCUT2D eigenvalue weighted by Crippen LogP contribution is 2.08. The normalized spacial score (nSPS) is 9.31. The highest BCUT2D eigenvalue weighted by molar-refractivity contribution is 6.17. The third-order valence-corrected chi connectivity index (χ3v) is 2.03. The van der Waals surface area contributed by atoms with Gasteiger partial charge in [-0.1, -0.05) is 24.3 Å². The number of rotatable bonds is 4. The number of nitrogens with zero attached hydrogens (tertiary/aromatic N) is 1. The van der Waals surface area contributed by atoms with Gasteiger partial charge in [-0.2, -0.15) is 0 Å². The van der Waals surface area contributed by atoms with Crippen LogP contribution in [0.25, 0.3) is 0 Å². The highest BCUT2D eigenvalue weighted by Gasteiger charge is 1.94. The van der Waals surface area contributed by atoms with Gasteiger partial charge < -0.3 is 0 Å². The van der Waals surface area contributed by atoms with Crippen molar-refractivity contribution in [1.82, 2.24) is 0 Å². The van der Waals surface area contributed by atoms with E-state index in [4.69, 9.17) is 11.6 Å². The summed E-state index contributed by atoms with van der Waals surface area (Å²) < 4.78 is 0. The van der Waals surface area contributed by atoms with Gasteiger partial charge in [-0.3, -0.25) is 0 Å². The lowest BCUT2D eigenvalue weighted by Crippen LogP contribution is -1.90. The lowest BCUT2D eigenvalue weighted by molar-refractivity contribution is 0.563. The summed E-state index contributed by atoms with van der Waals surface area (Å²) in [6.07, 6.45) is 2.28. The van der Waals surface area contributed by atoms with Crippen LogP contribution in [0.1, 0.15) is 11.1 Å². The number of hydrogen-bond acceptors (Lipinski definition) is 2. The molecule has 68 valence electrons. The van der Waals surface area contributed by atoms with Gasteiger partial charge >= 0.3 is 0 Å². The first kappa shape index (κ1) is 9.97. The van der Waals surface area contributed by atoms with Crippen LogP contribution in [0.5, 0.6) is 0 Å². The number of aliphatic imine (C=N–C) groups is 1. The number of halogens is 1. The maximum absolute atomic E-state index is 9.81. The molecule has 0 spiro atoms. The predicted molar refractivity (Wildman–Crippen MR) is 52.7 cm³/mol. The van der Waals surface area contributed by atoms with Crippen LogP contribution in [0, 0.1) is 0 Å². The van der Waals surface area contributed by atoms with E-state index in [9.17, 15) is 4.79 Å². The molecule has 1 aromatic rings. The molecule has 0 N–H and O–H groups in total. The molecule has 1 aromatic carbocycles. The van der Waals surface area contributed by atoms with Crippen molar-refractivity contribution in [2.45, 2.75) is 12.3 Å². The fourth-order valence-corrected chi connectivity index (χ4v) is 1.27. The van der Waals surface area contributed by atoms with Gasteiger partial charge in [0.05, 0.1) is 6.54 Å². The Hall–Kier alpha value is -1.11. The molecule has 0 heterocycles. The van der Waals surface area contributed by atoms with Crippen LogP contribution in [0.4, 0.5) is 0 Å². The molecule has 0 fully saturated rings. The minimum Gasteiger partial charge on any atom is -0.211 e. The van der Waals surface area contributed by atoms with Gasteiger partial charge in [-0.25, -0.2) is 9.79 Å². The number of hydrogen-bond donors (Lipinski definition) is 0. The smallest absolute Gasteiger partial charge is 0.211 e. The Morgan fingerprint density at radius 2 is 2.15 bits per heavy atom.